The Morgan fingerprint density at radius 2 is 2.10 bits per heavy atom. The van der Waals surface area contributed by atoms with Crippen LogP contribution in [0.3, 0.4) is 0 Å². The molecule has 0 radical (unpaired) electrons. The van der Waals surface area contributed by atoms with Gasteiger partial charge in [0, 0.05) is 32.3 Å². The average molecular weight is 280 g/mol. The van der Waals surface area contributed by atoms with E-state index in [0.29, 0.717) is 18.2 Å². The highest BCUT2D eigenvalue weighted by Crippen LogP contribution is 2.26. The van der Waals surface area contributed by atoms with Gasteiger partial charge in [-0.05, 0) is 43.9 Å². The summed E-state index contributed by atoms with van der Waals surface area (Å²) in [6.07, 6.45) is 2.42. The van der Waals surface area contributed by atoms with Crippen molar-refractivity contribution in [2.45, 2.75) is 38.8 Å². The van der Waals surface area contributed by atoms with Crippen LogP contribution in [0.2, 0.25) is 0 Å². The highest BCUT2D eigenvalue weighted by molar-refractivity contribution is 5.26. The Balaban J connectivity index is 2.03. The predicted molar refractivity (Wildman–Crippen MR) is 79.2 cm³/mol. The van der Waals surface area contributed by atoms with Crippen LogP contribution in [0.4, 0.5) is 4.39 Å². The minimum Gasteiger partial charge on any atom is -0.378 e. The van der Waals surface area contributed by atoms with E-state index < -0.39 is 0 Å². The molecular formula is C16H25FN2O. The van der Waals surface area contributed by atoms with Crippen molar-refractivity contribution in [3.05, 3.63) is 35.1 Å². The Labute approximate surface area is 120 Å². The second kappa shape index (κ2) is 7.16. The Morgan fingerprint density at radius 1 is 1.40 bits per heavy atom. The number of benzene rings is 1. The number of nitrogens with two attached hydrogens (primary N) is 1. The largest absolute Gasteiger partial charge is 0.378 e. The topological polar surface area (TPSA) is 38.5 Å². The molecule has 0 aromatic heterocycles. The maximum Gasteiger partial charge on any atom is 0.126 e. The third-order valence-electron chi connectivity index (χ3n) is 4.12. The third-order valence-corrected chi connectivity index (χ3v) is 4.12. The van der Waals surface area contributed by atoms with Crippen LogP contribution in [0.15, 0.2) is 18.2 Å². The van der Waals surface area contributed by atoms with Crippen LogP contribution in [0.1, 0.15) is 36.9 Å². The van der Waals surface area contributed by atoms with Crippen LogP contribution in [0.25, 0.3) is 0 Å². The molecule has 1 atom stereocenters. The van der Waals surface area contributed by atoms with Gasteiger partial charge in [0.1, 0.15) is 5.82 Å². The van der Waals surface area contributed by atoms with E-state index in [4.69, 9.17) is 10.5 Å². The maximum atomic E-state index is 13.7. The molecule has 1 aromatic rings. The number of rotatable bonds is 5. The smallest absolute Gasteiger partial charge is 0.126 e. The van der Waals surface area contributed by atoms with E-state index in [9.17, 15) is 4.39 Å². The normalized spacial score (nSPS) is 19.2. The summed E-state index contributed by atoms with van der Waals surface area (Å²) in [5.74, 6) is -0.148. The first-order valence-electron chi connectivity index (χ1n) is 7.47. The van der Waals surface area contributed by atoms with Crippen molar-refractivity contribution in [1.29, 1.82) is 0 Å². The van der Waals surface area contributed by atoms with E-state index in [1.807, 2.05) is 19.1 Å². The summed E-state index contributed by atoms with van der Waals surface area (Å²) >= 11 is 0. The summed E-state index contributed by atoms with van der Waals surface area (Å²) in [4.78, 5) is 2.35. The Hall–Kier alpha value is -0.970. The molecule has 0 bridgehead atoms. The molecule has 0 amide bonds. The molecule has 4 heteroatoms. The van der Waals surface area contributed by atoms with Crippen LogP contribution in [-0.4, -0.2) is 37.2 Å². The third kappa shape index (κ3) is 3.57. The molecule has 0 aliphatic carbocycles. The fourth-order valence-corrected chi connectivity index (χ4v) is 2.90. The van der Waals surface area contributed by atoms with Gasteiger partial charge in [0.05, 0.1) is 6.10 Å². The lowest BCUT2D eigenvalue weighted by Crippen LogP contribution is -2.41. The number of nitrogens with zero attached hydrogens (tertiary/aromatic N) is 1. The SMILES string of the molecule is CCOC1CCN(C(CN)c2ccc(C)c(F)c2)CC1. The number of piperidine rings is 1. The standard InChI is InChI=1S/C16H25FN2O/c1-3-20-14-6-8-19(9-7-14)16(11-18)13-5-4-12(2)15(17)10-13/h4-5,10,14,16H,3,6-9,11,18H2,1-2H3. The molecule has 1 fully saturated rings. The summed E-state index contributed by atoms with van der Waals surface area (Å²) in [5.41, 5.74) is 7.58. The molecule has 3 nitrogen and oxygen atoms in total. The summed E-state index contributed by atoms with van der Waals surface area (Å²) in [7, 11) is 0. The molecule has 0 saturated carbocycles. The first kappa shape index (κ1) is 15.4. The zero-order valence-electron chi connectivity index (χ0n) is 12.4. The Bertz CT molecular complexity index is 430. The van der Waals surface area contributed by atoms with Crippen LogP contribution < -0.4 is 5.73 Å². The lowest BCUT2D eigenvalue weighted by atomic mass is 9.99. The molecule has 1 unspecified atom stereocenters. The van der Waals surface area contributed by atoms with E-state index in [2.05, 4.69) is 4.90 Å². The number of ether oxygens (including phenoxy) is 1. The molecule has 2 rings (SSSR count). The molecule has 1 heterocycles. The van der Waals surface area contributed by atoms with Crippen molar-refractivity contribution in [3.63, 3.8) is 0 Å². The highest BCUT2D eigenvalue weighted by atomic mass is 19.1. The van der Waals surface area contributed by atoms with E-state index in [1.165, 1.54) is 0 Å². The number of aryl methyl sites for hydroxylation is 1. The average Bonchev–Trinajstić information content (AvgIpc) is 2.46. The van der Waals surface area contributed by atoms with Crippen molar-refractivity contribution in [3.8, 4) is 0 Å². The van der Waals surface area contributed by atoms with E-state index in [1.54, 1.807) is 13.0 Å². The summed E-state index contributed by atoms with van der Waals surface area (Å²) in [6, 6.07) is 5.56. The van der Waals surface area contributed by atoms with Gasteiger partial charge >= 0.3 is 0 Å². The number of likely N-dealkylation sites (tertiary alicyclic amines) is 1. The quantitative estimate of drug-likeness (QED) is 0.901. The van der Waals surface area contributed by atoms with Crippen LogP contribution in [0, 0.1) is 12.7 Å². The fraction of sp³-hybridized carbons (Fsp3) is 0.625. The van der Waals surface area contributed by atoms with E-state index >= 15 is 0 Å². The number of hydrogen-bond donors (Lipinski definition) is 1. The lowest BCUT2D eigenvalue weighted by molar-refractivity contribution is 0.00449. The lowest BCUT2D eigenvalue weighted by Gasteiger charge is -2.37. The van der Waals surface area contributed by atoms with Gasteiger partial charge in [0.2, 0.25) is 0 Å². The molecule has 20 heavy (non-hydrogen) atoms. The Kier molecular flexibility index (Phi) is 5.52. The van der Waals surface area contributed by atoms with Gasteiger partial charge in [-0.1, -0.05) is 12.1 Å². The number of hydrogen-bond acceptors (Lipinski definition) is 3. The molecule has 2 N–H and O–H groups in total. The van der Waals surface area contributed by atoms with Gasteiger partial charge < -0.3 is 10.5 Å². The number of halogens is 1. The molecular weight excluding hydrogens is 255 g/mol. The summed E-state index contributed by atoms with van der Waals surface area (Å²) < 4.78 is 19.4. The van der Waals surface area contributed by atoms with Gasteiger partial charge in [-0.2, -0.15) is 0 Å². The minimum absolute atomic E-state index is 0.104. The minimum atomic E-state index is -0.148. The second-order valence-electron chi connectivity index (χ2n) is 5.45. The maximum absolute atomic E-state index is 13.7. The van der Waals surface area contributed by atoms with E-state index in [0.717, 1.165) is 38.1 Å². The van der Waals surface area contributed by atoms with Crippen molar-refractivity contribution < 1.29 is 9.13 Å². The summed E-state index contributed by atoms with van der Waals surface area (Å²) in [6.45, 7) is 7.02. The Morgan fingerprint density at radius 3 is 2.65 bits per heavy atom. The molecule has 1 saturated heterocycles. The second-order valence-corrected chi connectivity index (χ2v) is 5.45. The first-order chi connectivity index (χ1) is 9.65. The fourth-order valence-electron chi connectivity index (χ4n) is 2.90. The summed E-state index contributed by atoms with van der Waals surface area (Å²) in [5, 5.41) is 0. The molecule has 0 spiro atoms. The van der Waals surface area contributed by atoms with Gasteiger partial charge in [0.15, 0.2) is 0 Å². The molecule has 1 aromatic carbocycles. The van der Waals surface area contributed by atoms with Gasteiger partial charge in [-0.3, -0.25) is 4.90 Å². The van der Waals surface area contributed by atoms with Gasteiger partial charge in [-0.25, -0.2) is 4.39 Å². The first-order valence-corrected chi connectivity index (χ1v) is 7.47. The van der Waals surface area contributed by atoms with Crippen LogP contribution in [-0.2, 0) is 4.74 Å². The highest BCUT2D eigenvalue weighted by Gasteiger charge is 2.25. The van der Waals surface area contributed by atoms with Crippen molar-refractivity contribution in [2.24, 2.45) is 5.73 Å². The predicted octanol–water partition coefficient (Wildman–Crippen LogP) is 2.63. The zero-order valence-corrected chi connectivity index (χ0v) is 12.4. The zero-order chi connectivity index (χ0) is 14.5. The van der Waals surface area contributed by atoms with E-state index in [-0.39, 0.29) is 11.9 Å². The molecule has 1 aliphatic rings. The molecule has 112 valence electrons. The van der Waals surface area contributed by atoms with Crippen molar-refractivity contribution >= 4 is 0 Å². The van der Waals surface area contributed by atoms with Gasteiger partial charge in [0.25, 0.3) is 0 Å². The van der Waals surface area contributed by atoms with Crippen LogP contribution >= 0.6 is 0 Å². The van der Waals surface area contributed by atoms with Gasteiger partial charge in [-0.15, -0.1) is 0 Å². The molecule has 1 aliphatic heterocycles. The van der Waals surface area contributed by atoms with Crippen LogP contribution in [0.5, 0.6) is 0 Å². The van der Waals surface area contributed by atoms with Crippen molar-refractivity contribution in [2.75, 3.05) is 26.2 Å². The van der Waals surface area contributed by atoms with Crippen molar-refractivity contribution in [1.82, 2.24) is 4.90 Å². The monoisotopic (exact) mass is 280 g/mol.